The number of hydrogen-bond acceptors (Lipinski definition) is 3. The fourth-order valence-corrected chi connectivity index (χ4v) is 2.88. The van der Waals surface area contributed by atoms with Crippen LogP contribution in [0.15, 0.2) is 34.1 Å². The zero-order valence-corrected chi connectivity index (χ0v) is 12.0. The van der Waals surface area contributed by atoms with Gasteiger partial charge in [-0.2, -0.15) is 0 Å². The van der Waals surface area contributed by atoms with Crippen LogP contribution in [0.25, 0.3) is 0 Å². The van der Waals surface area contributed by atoms with Gasteiger partial charge in [0.25, 0.3) is 0 Å². The van der Waals surface area contributed by atoms with Gasteiger partial charge in [-0.3, -0.25) is 4.79 Å². The second kappa shape index (κ2) is 5.63. The molecule has 0 unspecified atom stereocenters. The highest BCUT2D eigenvalue weighted by atomic mass is 79.9. The lowest BCUT2D eigenvalue weighted by molar-refractivity contribution is 0.0997. The SMILES string of the molecule is COc1ccc(CC(=O)c2ccc(Br)s2)cc1F. The Bertz CT molecular complexity index is 580. The van der Waals surface area contributed by atoms with Crippen LogP contribution >= 0.6 is 27.3 Å². The minimum absolute atomic E-state index is 0.0183. The third kappa shape index (κ3) is 2.97. The van der Waals surface area contributed by atoms with E-state index in [0.29, 0.717) is 10.4 Å². The number of rotatable bonds is 4. The molecule has 94 valence electrons. The number of ketones is 1. The van der Waals surface area contributed by atoms with Gasteiger partial charge in [0.2, 0.25) is 0 Å². The summed E-state index contributed by atoms with van der Waals surface area (Å²) in [5, 5.41) is 0. The first-order valence-electron chi connectivity index (χ1n) is 5.21. The Kier molecular flexibility index (Phi) is 4.14. The lowest BCUT2D eigenvalue weighted by Gasteiger charge is -2.04. The zero-order chi connectivity index (χ0) is 13.1. The molecule has 0 bridgehead atoms. The van der Waals surface area contributed by atoms with Gasteiger partial charge in [-0.1, -0.05) is 6.07 Å². The molecule has 0 amide bonds. The number of hydrogen-bond donors (Lipinski definition) is 0. The van der Waals surface area contributed by atoms with E-state index in [0.717, 1.165) is 3.79 Å². The third-order valence-electron chi connectivity index (χ3n) is 2.43. The number of Topliss-reactive ketones (excluding diaryl/α,β-unsaturated/α-hetero) is 1. The average molecular weight is 329 g/mol. The molecule has 0 aliphatic carbocycles. The average Bonchev–Trinajstić information content (AvgIpc) is 2.76. The minimum Gasteiger partial charge on any atom is -0.494 e. The predicted octanol–water partition coefficient (Wildman–Crippen LogP) is 4.08. The zero-order valence-electron chi connectivity index (χ0n) is 9.57. The van der Waals surface area contributed by atoms with Gasteiger partial charge in [-0.05, 0) is 45.8 Å². The van der Waals surface area contributed by atoms with Crippen molar-refractivity contribution in [2.75, 3.05) is 7.11 Å². The third-order valence-corrected chi connectivity index (χ3v) is 4.09. The second-order valence-electron chi connectivity index (χ2n) is 3.67. The first-order valence-corrected chi connectivity index (χ1v) is 6.82. The van der Waals surface area contributed by atoms with E-state index < -0.39 is 5.82 Å². The van der Waals surface area contributed by atoms with Gasteiger partial charge in [0, 0.05) is 6.42 Å². The molecule has 0 atom stereocenters. The Morgan fingerprint density at radius 1 is 1.39 bits per heavy atom. The van der Waals surface area contributed by atoms with Crippen LogP contribution in [-0.2, 0) is 6.42 Å². The molecule has 1 aromatic carbocycles. The number of methoxy groups -OCH3 is 1. The Morgan fingerprint density at radius 2 is 2.17 bits per heavy atom. The molecule has 0 fully saturated rings. The lowest BCUT2D eigenvalue weighted by Crippen LogP contribution is -2.01. The topological polar surface area (TPSA) is 26.3 Å². The Morgan fingerprint density at radius 3 is 2.72 bits per heavy atom. The smallest absolute Gasteiger partial charge is 0.177 e. The van der Waals surface area contributed by atoms with Crippen molar-refractivity contribution in [3.63, 3.8) is 0 Å². The van der Waals surface area contributed by atoms with Crippen molar-refractivity contribution in [3.8, 4) is 5.75 Å². The summed E-state index contributed by atoms with van der Waals surface area (Å²) in [6, 6.07) is 8.15. The molecule has 1 heterocycles. The maximum Gasteiger partial charge on any atom is 0.177 e. The fourth-order valence-electron chi connectivity index (χ4n) is 1.56. The van der Waals surface area contributed by atoms with Crippen LogP contribution in [-0.4, -0.2) is 12.9 Å². The van der Waals surface area contributed by atoms with Crippen molar-refractivity contribution < 1.29 is 13.9 Å². The summed E-state index contributed by atoms with van der Waals surface area (Å²) in [4.78, 5) is 12.6. The Hall–Kier alpha value is -1.20. The van der Waals surface area contributed by atoms with Crippen molar-refractivity contribution in [2.24, 2.45) is 0 Å². The van der Waals surface area contributed by atoms with Crippen molar-refractivity contribution in [3.05, 3.63) is 50.4 Å². The molecule has 2 aromatic rings. The summed E-state index contributed by atoms with van der Waals surface area (Å²) in [5.74, 6) is -0.282. The lowest BCUT2D eigenvalue weighted by atomic mass is 10.1. The van der Waals surface area contributed by atoms with Gasteiger partial charge in [-0.15, -0.1) is 11.3 Å². The molecule has 0 saturated carbocycles. The van der Waals surface area contributed by atoms with Crippen LogP contribution in [0.2, 0.25) is 0 Å². The van der Waals surface area contributed by atoms with Gasteiger partial charge in [-0.25, -0.2) is 4.39 Å². The maximum atomic E-state index is 13.5. The molecule has 0 aliphatic rings. The van der Waals surface area contributed by atoms with Crippen molar-refractivity contribution in [1.82, 2.24) is 0 Å². The van der Waals surface area contributed by atoms with Gasteiger partial charge >= 0.3 is 0 Å². The van der Waals surface area contributed by atoms with E-state index in [1.807, 2.05) is 6.07 Å². The highest BCUT2D eigenvalue weighted by molar-refractivity contribution is 9.11. The van der Waals surface area contributed by atoms with Crippen LogP contribution in [0.5, 0.6) is 5.75 Å². The van der Waals surface area contributed by atoms with Gasteiger partial charge in [0.1, 0.15) is 0 Å². The quantitative estimate of drug-likeness (QED) is 0.790. The van der Waals surface area contributed by atoms with E-state index >= 15 is 0 Å². The number of carbonyl (C=O) groups excluding carboxylic acids is 1. The Balaban J connectivity index is 2.14. The van der Waals surface area contributed by atoms with E-state index in [-0.39, 0.29) is 18.0 Å². The summed E-state index contributed by atoms with van der Waals surface area (Å²) in [6.45, 7) is 0. The summed E-state index contributed by atoms with van der Waals surface area (Å²) in [7, 11) is 1.41. The number of ether oxygens (including phenoxy) is 1. The van der Waals surface area contributed by atoms with E-state index in [2.05, 4.69) is 15.9 Å². The molecular weight excluding hydrogens is 319 g/mol. The number of carbonyl (C=O) groups is 1. The molecular formula is C13H10BrFO2S. The summed E-state index contributed by atoms with van der Waals surface area (Å²) < 4.78 is 19.2. The molecule has 0 spiro atoms. The van der Waals surface area contributed by atoms with Crippen molar-refractivity contribution >= 4 is 33.0 Å². The van der Waals surface area contributed by atoms with Crippen molar-refractivity contribution in [1.29, 1.82) is 0 Å². The second-order valence-corrected chi connectivity index (χ2v) is 6.14. The normalized spacial score (nSPS) is 10.4. The molecule has 1 aromatic heterocycles. The predicted molar refractivity (Wildman–Crippen MR) is 73.0 cm³/mol. The summed E-state index contributed by atoms with van der Waals surface area (Å²) in [6.07, 6.45) is 0.188. The fraction of sp³-hybridized carbons (Fsp3) is 0.154. The highest BCUT2D eigenvalue weighted by Crippen LogP contribution is 2.24. The van der Waals surface area contributed by atoms with Gasteiger partial charge in [0.15, 0.2) is 17.3 Å². The molecule has 2 rings (SSSR count). The summed E-state index contributed by atoms with van der Waals surface area (Å²) in [5.41, 5.74) is 0.642. The van der Waals surface area contributed by atoms with E-state index in [1.165, 1.54) is 30.6 Å². The molecule has 0 radical (unpaired) electrons. The van der Waals surface area contributed by atoms with Crippen LogP contribution in [0.3, 0.4) is 0 Å². The van der Waals surface area contributed by atoms with E-state index in [4.69, 9.17) is 4.74 Å². The van der Waals surface area contributed by atoms with E-state index in [1.54, 1.807) is 12.1 Å². The maximum absolute atomic E-state index is 13.5. The van der Waals surface area contributed by atoms with Gasteiger partial charge in [0.05, 0.1) is 15.8 Å². The number of benzene rings is 1. The van der Waals surface area contributed by atoms with E-state index in [9.17, 15) is 9.18 Å². The molecule has 18 heavy (non-hydrogen) atoms. The highest BCUT2D eigenvalue weighted by Gasteiger charge is 2.11. The van der Waals surface area contributed by atoms with Gasteiger partial charge < -0.3 is 4.74 Å². The van der Waals surface area contributed by atoms with Crippen LogP contribution < -0.4 is 4.74 Å². The standard InChI is InChI=1S/C13H10BrFO2S/c1-17-11-3-2-8(6-9(11)15)7-10(16)12-4-5-13(14)18-12/h2-6H,7H2,1H3. The first-order chi connectivity index (χ1) is 8.60. The number of halogens is 2. The molecule has 0 N–H and O–H groups in total. The molecule has 5 heteroatoms. The van der Waals surface area contributed by atoms with Crippen LogP contribution in [0.1, 0.15) is 15.2 Å². The van der Waals surface area contributed by atoms with Crippen molar-refractivity contribution in [2.45, 2.75) is 6.42 Å². The minimum atomic E-state index is -0.449. The van der Waals surface area contributed by atoms with Crippen LogP contribution in [0, 0.1) is 5.82 Å². The monoisotopic (exact) mass is 328 g/mol. The first kappa shape index (κ1) is 13.2. The largest absolute Gasteiger partial charge is 0.494 e. The molecule has 2 nitrogen and oxygen atoms in total. The van der Waals surface area contributed by atoms with Crippen LogP contribution in [0.4, 0.5) is 4.39 Å². The Labute approximate surface area is 117 Å². The number of thiophene rings is 1. The molecule has 0 saturated heterocycles. The molecule has 0 aliphatic heterocycles. The summed E-state index contributed by atoms with van der Waals surface area (Å²) >= 11 is 4.68.